The molecule has 0 heterocycles. The summed E-state index contributed by atoms with van der Waals surface area (Å²) in [5.41, 5.74) is 3.29. The lowest BCUT2D eigenvalue weighted by Gasteiger charge is -2.17. The largest absolute Gasteiger partial charge is 0.447 e. The molecule has 0 radical (unpaired) electrons. The highest BCUT2D eigenvalue weighted by atomic mass is 16.6. The van der Waals surface area contributed by atoms with Crippen molar-refractivity contribution in [1.82, 2.24) is 0 Å². The third kappa shape index (κ3) is 9.22. The van der Waals surface area contributed by atoms with Gasteiger partial charge in [-0.25, -0.2) is 4.79 Å². The summed E-state index contributed by atoms with van der Waals surface area (Å²) in [5.74, 6) is 0.449. The smallest absolute Gasteiger partial charge is 0.411 e. The van der Waals surface area contributed by atoms with E-state index in [-0.39, 0.29) is 12.5 Å². The Labute approximate surface area is 185 Å². The van der Waals surface area contributed by atoms with Crippen LogP contribution in [0.1, 0.15) is 45.7 Å². The number of nitrogens with one attached hydrogen (secondary N) is 2. The molecule has 2 rings (SSSR count). The SMILES string of the molecule is CC(C)COCCOC(=O)Nc1ccc(Cc2ccc(NC(=O)C(C)(C)C)cc2)cc1. The van der Waals surface area contributed by atoms with Crippen molar-refractivity contribution in [2.45, 2.75) is 41.0 Å². The Morgan fingerprint density at radius 2 is 1.35 bits per heavy atom. The Bertz CT molecular complexity index is 837. The van der Waals surface area contributed by atoms with Gasteiger partial charge in [0.1, 0.15) is 6.61 Å². The lowest BCUT2D eigenvalue weighted by molar-refractivity contribution is -0.123. The van der Waals surface area contributed by atoms with Crippen LogP contribution in [0.2, 0.25) is 0 Å². The van der Waals surface area contributed by atoms with E-state index >= 15 is 0 Å². The highest BCUT2D eigenvalue weighted by Crippen LogP contribution is 2.19. The molecule has 0 aliphatic heterocycles. The second kappa shape index (κ2) is 11.5. The number of carbonyl (C=O) groups is 2. The quantitative estimate of drug-likeness (QED) is 0.520. The minimum atomic E-state index is -0.492. The van der Waals surface area contributed by atoms with E-state index in [2.05, 4.69) is 24.5 Å². The molecule has 2 aromatic rings. The summed E-state index contributed by atoms with van der Waals surface area (Å²) in [4.78, 5) is 23.9. The highest BCUT2D eigenvalue weighted by Gasteiger charge is 2.20. The number of amides is 2. The molecule has 2 aromatic carbocycles. The Morgan fingerprint density at radius 1 is 0.839 bits per heavy atom. The summed E-state index contributed by atoms with van der Waals surface area (Å²) in [7, 11) is 0. The molecule has 2 amide bonds. The summed E-state index contributed by atoms with van der Waals surface area (Å²) >= 11 is 0. The fourth-order valence-electron chi connectivity index (χ4n) is 2.63. The van der Waals surface area contributed by atoms with E-state index in [1.54, 1.807) is 0 Å². The Kier molecular flexibility index (Phi) is 9.06. The summed E-state index contributed by atoms with van der Waals surface area (Å²) in [6.45, 7) is 11.1. The van der Waals surface area contributed by atoms with E-state index in [0.29, 0.717) is 24.8 Å². The van der Waals surface area contributed by atoms with Crippen LogP contribution in [0.5, 0.6) is 0 Å². The summed E-state index contributed by atoms with van der Waals surface area (Å²) in [5, 5.41) is 5.64. The number of hydrogen-bond donors (Lipinski definition) is 2. The molecule has 0 atom stereocenters. The predicted molar refractivity (Wildman–Crippen MR) is 124 cm³/mol. The maximum absolute atomic E-state index is 12.1. The lowest BCUT2D eigenvalue weighted by atomic mass is 9.95. The molecule has 0 fully saturated rings. The zero-order valence-corrected chi connectivity index (χ0v) is 19.2. The molecule has 0 unspecified atom stereocenters. The first kappa shape index (κ1) is 24.4. The lowest BCUT2D eigenvalue weighted by Crippen LogP contribution is -2.27. The van der Waals surface area contributed by atoms with Crippen LogP contribution < -0.4 is 10.6 Å². The molecule has 0 aliphatic carbocycles. The molecule has 31 heavy (non-hydrogen) atoms. The molecule has 2 N–H and O–H groups in total. The molecule has 0 bridgehead atoms. The number of hydrogen-bond acceptors (Lipinski definition) is 4. The Balaban J connectivity index is 1.79. The molecule has 0 aliphatic rings. The highest BCUT2D eigenvalue weighted by molar-refractivity contribution is 5.94. The molecule has 168 valence electrons. The van der Waals surface area contributed by atoms with Crippen molar-refractivity contribution >= 4 is 23.4 Å². The van der Waals surface area contributed by atoms with E-state index in [4.69, 9.17) is 9.47 Å². The molecule has 0 saturated carbocycles. The molecule has 6 heteroatoms. The van der Waals surface area contributed by atoms with E-state index in [1.165, 1.54) is 0 Å². The van der Waals surface area contributed by atoms with Gasteiger partial charge in [-0.1, -0.05) is 58.9 Å². The van der Waals surface area contributed by atoms with Crippen LogP contribution >= 0.6 is 0 Å². The molecule has 6 nitrogen and oxygen atoms in total. The summed E-state index contributed by atoms with van der Waals surface area (Å²) in [6, 6.07) is 15.5. The Morgan fingerprint density at radius 3 is 1.84 bits per heavy atom. The number of anilines is 2. The molecular weight excluding hydrogens is 392 g/mol. The van der Waals surface area contributed by atoms with Gasteiger partial charge in [0.05, 0.1) is 6.61 Å². The monoisotopic (exact) mass is 426 g/mol. The van der Waals surface area contributed by atoms with Gasteiger partial charge < -0.3 is 14.8 Å². The number of benzene rings is 2. The zero-order valence-electron chi connectivity index (χ0n) is 19.2. The van der Waals surface area contributed by atoms with E-state index in [0.717, 1.165) is 23.2 Å². The standard InChI is InChI=1S/C25H34N2O4/c1-18(2)17-30-14-15-31-24(29)27-22-12-8-20(9-13-22)16-19-6-10-21(11-7-19)26-23(28)25(3,4)5/h6-13,18H,14-17H2,1-5H3,(H,26,28)(H,27,29). The van der Waals surface area contributed by atoms with Gasteiger partial charge in [0.2, 0.25) is 5.91 Å². The van der Waals surface area contributed by atoms with Crippen LogP contribution in [0.15, 0.2) is 48.5 Å². The predicted octanol–water partition coefficient (Wildman–Crippen LogP) is 5.48. The van der Waals surface area contributed by atoms with Crippen molar-refractivity contribution in [2.75, 3.05) is 30.5 Å². The summed E-state index contributed by atoms with van der Waals surface area (Å²) in [6.07, 6.45) is 0.264. The number of ether oxygens (including phenoxy) is 2. The van der Waals surface area contributed by atoms with Gasteiger partial charge in [-0.15, -0.1) is 0 Å². The minimum Gasteiger partial charge on any atom is -0.447 e. The number of carbonyl (C=O) groups excluding carboxylic acids is 2. The van der Waals surface area contributed by atoms with Crippen molar-refractivity contribution in [3.05, 3.63) is 59.7 Å². The minimum absolute atomic E-state index is 0.00931. The van der Waals surface area contributed by atoms with Gasteiger partial charge in [0.15, 0.2) is 0 Å². The number of rotatable bonds is 9. The second-order valence-corrected chi connectivity index (χ2v) is 9.00. The first-order chi connectivity index (χ1) is 14.6. The van der Waals surface area contributed by atoms with Crippen LogP contribution in [-0.4, -0.2) is 31.8 Å². The third-order valence-corrected chi connectivity index (χ3v) is 4.41. The second-order valence-electron chi connectivity index (χ2n) is 9.00. The van der Waals surface area contributed by atoms with E-state index in [1.807, 2.05) is 69.3 Å². The van der Waals surface area contributed by atoms with Crippen molar-refractivity contribution in [1.29, 1.82) is 0 Å². The van der Waals surface area contributed by atoms with Gasteiger partial charge in [0, 0.05) is 23.4 Å². The van der Waals surface area contributed by atoms with Gasteiger partial charge in [-0.05, 0) is 47.7 Å². The fourth-order valence-corrected chi connectivity index (χ4v) is 2.63. The van der Waals surface area contributed by atoms with Crippen molar-refractivity contribution < 1.29 is 19.1 Å². The van der Waals surface area contributed by atoms with Crippen molar-refractivity contribution in [2.24, 2.45) is 11.3 Å². The molecule has 0 aromatic heterocycles. The summed E-state index contributed by atoms with van der Waals surface area (Å²) < 4.78 is 10.5. The van der Waals surface area contributed by atoms with Gasteiger partial charge >= 0.3 is 6.09 Å². The average molecular weight is 427 g/mol. The zero-order chi connectivity index (χ0) is 22.9. The average Bonchev–Trinajstić information content (AvgIpc) is 2.69. The van der Waals surface area contributed by atoms with Crippen LogP contribution in [0.3, 0.4) is 0 Å². The van der Waals surface area contributed by atoms with Crippen LogP contribution in [0.25, 0.3) is 0 Å². The van der Waals surface area contributed by atoms with Crippen LogP contribution in [-0.2, 0) is 20.7 Å². The third-order valence-electron chi connectivity index (χ3n) is 4.41. The van der Waals surface area contributed by atoms with Crippen LogP contribution in [0, 0.1) is 11.3 Å². The van der Waals surface area contributed by atoms with Crippen molar-refractivity contribution in [3.8, 4) is 0 Å². The van der Waals surface area contributed by atoms with Crippen LogP contribution in [0.4, 0.5) is 16.2 Å². The normalized spacial score (nSPS) is 11.3. The maximum atomic E-state index is 12.1. The maximum Gasteiger partial charge on any atom is 0.411 e. The van der Waals surface area contributed by atoms with Gasteiger partial charge in [0.25, 0.3) is 0 Å². The molecule has 0 spiro atoms. The molecule has 0 saturated heterocycles. The van der Waals surface area contributed by atoms with E-state index < -0.39 is 11.5 Å². The van der Waals surface area contributed by atoms with Gasteiger partial charge in [-0.2, -0.15) is 0 Å². The van der Waals surface area contributed by atoms with Crippen molar-refractivity contribution in [3.63, 3.8) is 0 Å². The fraction of sp³-hybridized carbons (Fsp3) is 0.440. The van der Waals surface area contributed by atoms with E-state index in [9.17, 15) is 9.59 Å². The topological polar surface area (TPSA) is 76.7 Å². The first-order valence-corrected chi connectivity index (χ1v) is 10.6. The van der Waals surface area contributed by atoms with Gasteiger partial charge in [-0.3, -0.25) is 10.1 Å². The first-order valence-electron chi connectivity index (χ1n) is 10.6. The Hall–Kier alpha value is -2.86. The molecular formula is C25H34N2O4.